The van der Waals surface area contributed by atoms with Crippen LogP contribution in [0.2, 0.25) is 5.02 Å². The Kier molecular flexibility index (Phi) is 6.51. The van der Waals surface area contributed by atoms with Gasteiger partial charge in [0.1, 0.15) is 5.75 Å². The average Bonchev–Trinajstić information content (AvgIpc) is 3.27. The zero-order valence-corrected chi connectivity index (χ0v) is 19.9. The van der Waals surface area contributed by atoms with Crippen LogP contribution in [-0.2, 0) is 19.5 Å². The molecule has 0 unspecified atom stereocenters. The number of phenolic OH excluding ortho intramolecular Hbond substituents is 1. The molecule has 0 saturated heterocycles. The number of aromatic hydroxyl groups is 1. The first-order chi connectivity index (χ1) is 17.5. The summed E-state index contributed by atoms with van der Waals surface area (Å²) in [5, 5.41) is 22.0. The molecule has 1 amide bonds. The molecule has 0 fully saturated rings. The molecule has 3 N–H and O–H groups in total. The second kappa shape index (κ2) is 10.1. The third kappa shape index (κ3) is 5.13. The van der Waals surface area contributed by atoms with Gasteiger partial charge < -0.3 is 15.0 Å². The zero-order chi connectivity index (χ0) is 25.1. The highest BCUT2D eigenvalue weighted by Gasteiger charge is 2.11. The van der Waals surface area contributed by atoms with Crippen LogP contribution in [0.4, 0.5) is 0 Å². The van der Waals surface area contributed by atoms with Gasteiger partial charge >= 0.3 is 0 Å². The van der Waals surface area contributed by atoms with Gasteiger partial charge in [-0.3, -0.25) is 19.7 Å². The number of benzene rings is 2. The first-order valence-electron chi connectivity index (χ1n) is 11.3. The van der Waals surface area contributed by atoms with E-state index >= 15 is 0 Å². The number of aromatic nitrogens is 4. The number of carbonyl (C=O) groups is 1. The molecular weight excluding hydrogens is 478 g/mol. The number of fused-ring (bicyclic) bond motifs is 1. The van der Waals surface area contributed by atoms with Crippen LogP contribution in [0.3, 0.4) is 0 Å². The van der Waals surface area contributed by atoms with E-state index in [4.69, 9.17) is 11.6 Å². The largest absolute Gasteiger partial charge is 0.508 e. The summed E-state index contributed by atoms with van der Waals surface area (Å²) < 4.78 is 1.53. The fourth-order valence-corrected chi connectivity index (χ4v) is 4.19. The molecule has 9 heteroatoms. The molecule has 0 saturated carbocycles. The zero-order valence-electron chi connectivity index (χ0n) is 19.1. The van der Waals surface area contributed by atoms with Crippen LogP contribution >= 0.6 is 11.6 Å². The molecule has 180 valence electrons. The van der Waals surface area contributed by atoms with Crippen molar-refractivity contribution in [3.63, 3.8) is 0 Å². The fraction of sp³-hybridized carbons (Fsp3) is 0.111. The number of amides is 1. The highest BCUT2D eigenvalue weighted by atomic mass is 35.5. The number of nitrogens with one attached hydrogen (secondary N) is 2. The standard InChI is InChI=1S/C27H22ClN5O3/c28-21-6-7-23-22(12-21)24(32-31-23)15-30-27(36)20-10-18(13-29-14-20)9-17-4-5-19(25(34)11-17)16-33-8-2-1-3-26(33)35/h1-8,10-14,34H,9,15-16H2,(H,30,36)(H,31,32). The third-order valence-electron chi connectivity index (χ3n) is 5.88. The predicted molar refractivity (Wildman–Crippen MR) is 137 cm³/mol. The van der Waals surface area contributed by atoms with Crippen LogP contribution < -0.4 is 10.9 Å². The Hall–Kier alpha value is -4.43. The summed E-state index contributed by atoms with van der Waals surface area (Å²) in [5.41, 5.74) is 4.16. The lowest BCUT2D eigenvalue weighted by Gasteiger charge is -2.10. The number of H-pyrrole nitrogens is 1. The number of hydrogen-bond acceptors (Lipinski definition) is 5. The summed E-state index contributed by atoms with van der Waals surface area (Å²) >= 11 is 6.08. The molecule has 3 heterocycles. The van der Waals surface area contributed by atoms with E-state index < -0.39 is 0 Å². The monoisotopic (exact) mass is 499 g/mol. The summed E-state index contributed by atoms with van der Waals surface area (Å²) in [7, 11) is 0. The van der Waals surface area contributed by atoms with E-state index in [1.165, 1.54) is 16.8 Å². The van der Waals surface area contributed by atoms with Crippen LogP contribution in [0.1, 0.15) is 32.7 Å². The number of carbonyl (C=O) groups excluding carboxylic acids is 1. The van der Waals surface area contributed by atoms with E-state index in [9.17, 15) is 14.7 Å². The Balaban J connectivity index is 1.26. The number of aromatic amines is 1. The first-order valence-corrected chi connectivity index (χ1v) is 11.6. The molecule has 0 aliphatic heterocycles. The fourth-order valence-electron chi connectivity index (χ4n) is 4.01. The molecular formula is C27H22ClN5O3. The maximum absolute atomic E-state index is 12.8. The molecule has 3 aromatic heterocycles. The van der Waals surface area contributed by atoms with Crippen molar-refractivity contribution >= 4 is 28.4 Å². The highest BCUT2D eigenvalue weighted by molar-refractivity contribution is 6.31. The molecule has 36 heavy (non-hydrogen) atoms. The average molecular weight is 500 g/mol. The van der Waals surface area contributed by atoms with Gasteiger partial charge in [0.25, 0.3) is 11.5 Å². The van der Waals surface area contributed by atoms with E-state index in [2.05, 4.69) is 20.5 Å². The minimum Gasteiger partial charge on any atom is -0.508 e. The van der Waals surface area contributed by atoms with Gasteiger partial charge in [-0.2, -0.15) is 5.10 Å². The summed E-state index contributed by atoms with van der Waals surface area (Å²) in [6.07, 6.45) is 5.37. The number of rotatable bonds is 7. The van der Waals surface area contributed by atoms with Crippen molar-refractivity contribution in [3.05, 3.63) is 123 Å². The van der Waals surface area contributed by atoms with Gasteiger partial charge in [0, 0.05) is 40.6 Å². The lowest BCUT2D eigenvalue weighted by Crippen LogP contribution is -2.23. The van der Waals surface area contributed by atoms with Crippen molar-refractivity contribution in [3.8, 4) is 5.75 Å². The van der Waals surface area contributed by atoms with Crippen molar-refractivity contribution in [1.29, 1.82) is 0 Å². The number of pyridine rings is 2. The topological polar surface area (TPSA) is 113 Å². The molecule has 0 radical (unpaired) electrons. The minimum absolute atomic E-state index is 0.108. The van der Waals surface area contributed by atoms with Gasteiger partial charge in [-0.05, 0) is 53.9 Å². The van der Waals surface area contributed by atoms with Gasteiger partial charge in [-0.15, -0.1) is 0 Å². The maximum Gasteiger partial charge on any atom is 0.253 e. The minimum atomic E-state index is -0.263. The SMILES string of the molecule is O=C(NCc1[nH]nc2ccc(Cl)cc12)c1cncc(Cc2ccc(Cn3ccccc3=O)c(O)c2)c1. The van der Waals surface area contributed by atoms with E-state index in [0.29, 0.717) is 22.6 Å². The molecule has 0 aliphatic carbocycles. The molecule has 2 aromatic carbocycles. The van der Waals surface area contributed by atoms with E-state index in [1.807, 2.05) is 18.2 Å². The van der Waals surface area contributed by atoms with Crippen LogP contribution in [0.25, 0.3) is 10.9 Å². The number of halogens is 1. The van der Waals surface area contributed by atoms with Crippen molar-refractivity contribution in [2.24, 2.45) is 0 Å². The van der Waals surface area contributed by atoms with Crippen LogP contribution in [0, 0.1) is 0 Å². The van der Waals surface area contributed by atoms with Crippen LogP contribution in [0.15, 0.2) is 84.0 Å². The molecule has 5 rings (SSSR count). The second-order valence-corrected chi connectivity index (χ2v) is 8.87. The predicted octanol–water partition coefficient (Wildman–Crippen LogP) is 4.05. The van der Waals surface area contributed by atoms with E-state index in [0.717, 1.165) is 27.7 Å². The van der Waals surface area contributed by atoms with Crippen molar-refractivity contribution in [1.82, 2.24) is 25.1 Å². The third-order valence-corrected chi connectivity index (χ3v) is 6.11. The van der Waals surface area contributed by atoms with Gasteiger partial charge in [-0.25, -0.2) is 0 Å². The molecule has 8 nitrogen and oxygen atoms in total. The van der Waals surface area contributed by atoms with Crippen LogP contribution in [-0.4, -0.2) is 30.8 Å². The lowest BCUT2D eigenvalue weighted by molar-refractivity contribution is 0.0950. The molecule has 0 atom stereocenters. The number of hydrogen-bond donors (Lipinski definition) is 3. The molecule has 0 bridgehead atoms. The number of nitrogens with zero attached hydrogens (tertiary/aromatic N) is 3. The normalized spacial score (nSPS) is 11.0. The van der Waals surface area contributed by atoms with Crippen LogP contribution in [0.5, 0.6) is 5.75 Å². The van der Waals surface area contributed by atoms with Gasteiger partial charge in [-0.1, -0.05) is 29.8 Å². The molecule has 5 aromatic rings. The summed E-state index contributed by atoms with van der Waals surface area (Å²) in [6.45, 7) is 0.542. The van der Waals surface area contributed by atoms with E-state index in [-0.39, 0.29) is 30.3 Å². The smallest absolute Gasteiger partial charge is 0.253 e. The Labute approximate surface area is 211 Å². The van der Waals surface area contributed by atoms with E-state index in [1.54, 1.807) is 48.8 Å². The second-order valence-electron chi connectivity index (χ2n) is 8.43. The number of phenols is 1. The maximum atomic E-state index is 12.8. The Bertz CT molecular complexity index is 1630. The van der Waals surface area contributed by atoms with Crippen molar-refractivity contribution < 1.29 is 9.90 Å². The summed E-state index contributed by atoms with van der Waals surface area (Å²) in [6, 6.07) is 17.5. The highest BCUT2D eigenvalue weighted by Crippen LogP contribution is 2.22. The Morgan fingerprint density at radius 3 is 2.78 bits per heavy atom. The van der Waals surface area contributed by atoms with Gasteiger partial charge in [0.15, 0.2) is 0 Å². The van der Waals surface area contributed by atoms with Crippen molar-refractivity contribution in [2.45, 2.75) is 19.5 Å². The molecule has 0 spiro atoms. The van der Waals surface area contributed by atoms with Gasteiger partial charge in [0.05, 0.1) is 29.9 Å². The lowest BCUT2D eigenvalue weighted by atomic mass is 10.0. The quantitative estimate of drug-likeness (QED) is 0.313. The summed E-state index contributed by atoms with van der Waals surface area (Å²) in [4.78, 5) is 28.9. The Morgan fingerprint density at radius 2 is 1.94 bits per heavy atom. The Morgan fingerprint density at radius 1 is 1.06 bits per heavy atom. The summed E-state index contributed by atoms with van der Waals surface area (Å²) in [5.74, 6) is -0.155. The van der Waals surface area contributed by atoms with Gasteiger partial charge in [0.2, 0.25) is 0 Å². The first kappa shape index (κ1) is 23.3. The molecule has 0 aliphatic rings. The van der Waals surface area contributed by atoms with Crippen molar-refractivity contribution in [2.75, 3.05) is 0 Å².